The first kappa shape index (κ1) is 21.2. The first-order chi connectivity index (χ1) is 16.7. The van der Waals surface area contributed by atoms with E-state index in [9.17, 15) is 0 Å². The van der Waals surface area contributed by atoms with Crippen molar-refractivity contribution in [1.29, 1.82) is 0 Å². The van der Waals surface area contributed by atoms with Gasteiger partial charge < -0.3 is 19.4 Å². The molecule has 2 fully saturated rings. The summed E-state index contributed by atoms with van der Waals surface area (Å²) in [7, 11) is 0. The summed E-state index contributed by atoms with van der Waals surface area (Å²) in [5, 5.41) is 4.60. The second-order valence-electron chi connectivity index (χ2n) is 9.55. The van der Waals surface area contributed by atoms with Crippen molar-refractivity contribution in [2.75, 3.05) is 12.0 Å². The first-order valence-electron chi connectivity index (χ1n) is 12.3. The molecule has 6 heteroatoms. The Morgan fingerprint density at radius 1 is 1.00 bits per heavy atom. The molecule has 2 aromatic carbocycles. The number of nitrogens with zero attached hydrogens (tertiary/aromatic N) is 3. The van der Waals surface area contributed by atoms with E-state index in [0.29, 0.717) is 18.8 Å². The van der Waals surface area contributed by atoms with Crippen LogP contribution in [-0.4, -0.2) is 27.4 Å². The van der Waals surface area contributed by atoms with Gasteiger partial charge in [-0.25, -0.2) is 9.97 Å². The van der Waals surface area contributed by atoms with Crippen LogP contribution in [0.5, 0.6) is 11.8 Å². The summed E-state index contributed by atoms with van der Waals surface area (Å²) in [6.07, 6.45) is 8.92. The molecular formula is C28H30N4O2. The normalized spacial score (nSPS) is 16.5. The maximum atomic E-state index is 5.91. The lowest BCUT2D eigenvalue weighted by atomic mass is 10.1. The molecule has 6 nitrogen and oxygen atoms in total. The zero-order chi connectivity index (χ0) is 22.9. The Morgan fingerprint density at radius 3 is 2.53 bits per heavy atom. The number of anilines is 1. The molecule has 0 bridgehead atoms. The van der Waals surface area contributed by atoms with Crippen LogP contribution < -0.4 is 10.1 Å². The van der Waals surface area contributed by atoms with Gasteiger partial charge in [0.25, 0.3) is 0 Å². The van der Waals surface area contributed by atoms with Crippen LogP contribution in [0.1, 0.15) is 32.6 Å². The molecule has 1 N–H and O–H groups in total. The number of aromatic nitrogens is 3. The Bertz CT molecular complexity index is 1260. The fourth-order valence-corrected chi connectivity index (χ4v) is 4.45. The summed E-state index contributed by atoms with van der Waals surface area (Å²) in [5.41, 5.74) is 4.71. The molecule has 2 aliphatic rings. The van der Waals surface area contributed by atoms with Gasteiger partial charge in [-0.3, -0.25) is 0 Å². The predicted molar refractivity (Wildman–Crippen MR) is 134 cm³/mol. The molecule has 2 heterocycles. The van der Waals surface area contributed by atoms with Gasteiger partial charge in [-0.1, -0.05) is 12.1 Å². The van der Waals surface area contributed by atoms with Crippen molar-refractivity contribution in [3.05, 3.63) is 67.0 Å². The van der Waals surface area contributed by atoms with E-state index in [-0.39, 0.29) is 0 Å². The summed E-state index contributed by atoms with van der Waals surface area (Å²) in [4.78, 5) is 8.37. The topological polar surface area (TPSA) is 61.2 Å². The highest BCUT2D eigenvalue weighted by Gasteiger charge is 2.28. The molecule has 2 aliphatic carbocycles. The molecule has 0 unspecified atom stereocenters. The maximum absolute atomic E-state index is 5.91. The monoisotopic (exact) mass is 454 g/mol. The van der Waals surface area contributed by atoms with Crippen molar-refractivity contribution >= 4 is 16.6 Å². The maximum Gasteiger partial charge on any atom is 0.321 e. The Hall–Kier alpha value is -3.38. The van der Waals surface area contributed by atoms with Gasteiger partial charge in [-0.2, -0.15) is 0 Å². The zero-order valence-corrected chi connectivity index (χ0v) is 19.5. The third-order valence-electron chi connectivity index (χ3n) is 6.85. The van der Waals surface area contributed by atoms with Crippen molar-refractivity contribution in [1.82, 2.24) is 14.5 Å². The predicted octanol–water partition coefficient (Wildman–Crippen LogP) is 6.49. The fourth-order valence-electron chi connectivity index (χ4n) is 4.45. The van der Waals surface area contributed by atoms with Gasteiger partial charge in [0.2, 0.25) is 0 Å². The number of hydrogen-bond donors (Lipinski definition) is 1. The average molecular weight is 455 g/mol. The highest BCUT2D eigenvalue weighted by atomic mass is 16.5. The zero-order valence-electron chi connectivity index (χ0n) is 19.5. The summed E-state index contributed by atoms with van der Waals surface area (Å²) in [6.45, 7) is 3.74. The minimum Gasteiger partial charge on any atom is -0.424 e. The highest BCUT2D eigenvalue weighted by molar-refractivity contribution is 5.88. The third-order valence-corrected chi connectivity index (χ3v) is 6.85. The minimum absolute atomic E-state index is 0.340. The van der Waals surface area contributed by atoms with E-state index in [4.69, 9.17) is 9.47 Å². The molecule has 4 aromatic rings. The number of fused-ring (bicyclic) bond motifs is 1. The van der Waals surface area contributed by atoms with Gasteiger partial charge in [-0.15, -0.1) is 0 Å². The van der Waals surface area contributed by atoms with Crippen molar-refractivity contribution in [3.8, 4) is 23.0 Å². The van der Waals surface area contributed by atoms with Gasteiger partial charge in [0.15, 0.2) is 0 Å². The van der Waals surface area contributed by atoms with Crippen molar-refractivity contribution in [3.63, 3.8) is 0 Å². The number of hydrogen-bond acceptors (Lipinski definition) is 5. The SMILES string of the molecule is C[C@@H](OCNc1ccc(-c2cc3ccc(Oc4ncccn4)cc3n2CC2CC2)cc1)C1CC1. The average Bonchev–Trinajstić information content (AvgIpc) is 3.79. The van der Waals surface area contributed by atoms with E-state index in [1.54, 1.807) is 18.5 Å². The highest BCUT2D eigenvalue weighted by Crippen LogP contribution is 2.37. The lowest BCUT2D eigenvalue weighted by Crippen LogP contribution is -2.16. The van der Waals surface area contributed by atoms with Crippen LogP contribution >= 0.6 is 0 Å². The van der Waals surface area contributed by atoms with E-state index >= 15 is 0 Å². The van der Waals surface area contributed by atoms with Gasteiger partial charge in [0, 0.05) is 41.8 Å². The van der Waals surface area contributed by atoms with Crippen LogP contribution in [0.2, 0.25) is 0 Å². The van der Waals surface area contributed by atoms with Crippen LogP contribution in [0.25, 0.3) is 22.2 Å². The van der Waals surface area contributed by atoms with Crippen LogP contribution in [0.4, 0.5) is 5.69 Å². The lowest BCUT2D eigenvalue weighted by Gasteiger charge is -2.14. The summed E-state index contributed by atoms with van der Waals surface area (Å²) < 4.78 is 14.3. The Balaban J connectivity index is 1.24. The standard InChI is InChI=1S/C28H30N4O2/c1-19(21-5-6-21)33-18-31-24-10-7-22(8-11-24)26-15-23-9-12-25(34-28-29-13-2-14-30-28)16-27(23)32(26)17-20-3-4-20/h2,7-16,19-21,31H,3-6,17-18H2,1H3/t19-/m1/s1. The van der Waals surface area contributed by atoms with Crippen LogP contribution in [0.15, 0.2) is 67.0 Å². The fraction of sp³-hybridized carbons (Fsp3) is 0.357. The molecule has 2 saturated carbocycles. The first-order valence-corrected chi connectivity index (χ1v) is 12.3. The van der Waals surface area contributed by atoms with E-state index in [2.05, 4.69) is 69.2 Å². The van der Waals surface area contributed by atoms with Crippen molar-refractivity contribution < 1.29 is 9.47 Å². The van der Waals surface area contributed by atoms with Crippen molar-refractivity contribution in [2.24, 2.45) is 11.8 Å². The third kappa shape index (κ3) is 4.77. The van der Waals surface area contributed by atoms with E-state index in [1.807, 2.05) is 6.07 Å². The van der Waals surface area contributed by atoms with Gasteiger partial charge in [0.05, 0.1) is 11.6 Å². The van der Waals surface area contributed by atoms with Crippen LogP contribution in [0.3, 0.4) is 0 Å². The minimum atomic E-state index is 0.340. The molecule has 6 rings (SSSR count). The smallest absolute Gasteiger partial charge is 0.321 e. The molecule has 0 aliphatic heterocycles. The Labute approximate surface area is 200 Å². The largest absolute Gasteiger partial charge is 0.424 e. The molecule has 2 aromatic heterocycles. The van der Waals surface area contributed by atoms with Gasteiger partial charge >= 0.3 is 6.01 Å². The lowest BCUT2D eigenvalue weighted by molar-refractivity contribution is 0.0645. The molecular weight excluding hydrogens is 424 g/mol. The second-order valence-corrected chi connectivity index (χ2v) is 9.55. The molecule has 1 atom stereocenters. The second kappa shape index (κ2) is 9.11. The quantitative estimate of drug-likeness (QED) is 0.278. The molecule has 0 amide bonds. The van der Waals surface area contributed by atoms with Crippen molar-refractivity contribution in [2.45, 2.75) is 45.3 Å². The number of ether oxygens (including phenoxy) is 2. The van der Waals surface area contributed by atoms with E-state index in [0.717, 1.165) is 29.8 Å². The number of benzene rings is 2. The van der Waals surface area contributed by atoms with Gasteiger partial charge in [-0.05, 0) is 86.4 Å². The van der Waals surface area contributed by atoms with E-state index in [1.165, 1.54) is 47.8 Å². The molecule has 34 heavy (non-hydrogen) atoms. The summed E-state index contributed by atoms with van der Waals surface area (Å²) in [5.74, 6) is 2.26. The summed E-state index contributed by atoms with van der Waals surface area (Å²) >= 11 is 0. The van der Waals surface area contributed by atoms with E-state index < -0.39 is 0 Å². The molecule has 0 radical (unpaired) electrons. The molecule has 0 saturated heterocycles. The van der Waals surface area contributed by atoms with Gasteiger partial charge in [0.1, 0.15) is 12.5 Å². The molecule has 0 spiro atoms. The number of nitrogens with one attached hydrogen (secondary N) is 1. The Kier molecular flexibility index (Phi) is 5.67. The van der Waals surface area contributed by atoms with Crippen LogP contribution in [-0.2, 0) is 11.3 Å². The molecule has 174 valence electrons. The summed E-state index contributed by atoms with van der Waals surface area (Å²) in [6, 6.07) is 19.3. The Morgan fingerprint density at radius 2 is 1.79 bits per heavy atom. The number of rotatable bonds is 10. The van der Waals surface area contributed by atoms with Crippen LogP contribution in [0, 0.1) is 11.8 Å².